The fourth-order valence-electron chi connectivity index (χ4n) is 2.94. The van der Waals surface area contributed by atoms with Gasteiger partial charge in [-0.3, -0.25) is 0 Å². The second-order valence-electron chi connectivity index (χ2n) is 6.52. The third-order valence-corrected chi connectivity index (χ3v) is 4.69. The standard InChI is InChI=1S/C19H25N3OS/c1-21(2)12-10-20-19(24)22-11-9-18(14-22)23-17-8-7-15-5-3-4-6-16(15)13-17/h3-8,13,18H,9-12,14H2,1-2H3,(H,20,24). The predicted molar refractivity (Wildman–Crippen MR) is 104 cm³/mol. The van der Waals surface area contributed by atoms with Gasteiger partial charge in [0, 0.05) is 26.1 Å². The predicted octanol–water partition coefficient (Wildman–Crippen LogP) is 2.73. The molecule has 1 unspecified atom stereocenters. The van der Waals surface area contributed by atoms with E-state index in [4.69, 9.17) is 17.0 Å². The lowest BCUT2D eigenvalue weighted by Gasteiger charge is -2.21. The molecule has 1 saturated heterocycles. The molecular formula is C19H25N3OS. The molecule has 1 aliphatic rings. The molecule has 128 valence electrons. The molecule has 5 heteroatoms. The highest BCUT2D eigenvalue weighted by Gasteiger charge is 2.25. The van der Waals surface area contributed by atoms with Crippen LogP contribution < -0.4 is 10.1 Å². The fourth-order valence-corrected chi connectivity index (χ4v) is 3.21. The van der Waals surface area contributed by atoms with Crippen molar-refractivity contribution in [3.63, 3.8) is 0 Å². The minimum atomic E-state index is 0.194. The highest BCUT2D eigenvalue weighted by Crippen LogP contribution is 2.23. The molecule has 1 fully saturated rings. The zero-order chi connectivity index (χ0) is 16.9. The van der Waals surface area contributed by atoms with E-state index in [0.29, 0.717) is 0 Å². The number of hydrogen-bond acceptors (Lipinski definition) is 3. The Morgan fingerprint density at radius 3 is 2.83 bits per heavy atom. The first kappa shape index (κ1) is 17.0. The number of ether oxygens (including phenoxy) is 1. The fraction of sp³-hybridized carbons (Fsp3) is 0.421. The molecule has 3 rings (SSSR count). The number of rotatable bonds is 5. The van der Waals surface area contributed by atoms with Crippen LogP contribution in [0.25, 0.3) is 10.8 Å². The number of fused-ring (bicyclic) bond motifs is 1. The molecule has 1 heterocycles. The van der Waals surface area contributed by atoms with Crippen molar-refractivity contribution >= 4 is 28.1 Å². The molecule has 0 radical (unpaired) electrons. The van der Waals surface area contributed by atoms with Crippen LogP contribution in [-0.4, -0.2) is 61.3 Å². The number of benzene rings is 2. The van der Waals surface area contributed by atoms with Gasteiger partial charge in [-0.05, 0) is 49.2 Å². The summed E-state index contributed by atoms with van der Waals surface area (Å²) in [5.74, 6) is 0.937. The van der Waals surface area contributed by atoms with E-state index in [1.165, 1.54) is 10.8 Å². The summed E-state index contributed by atoms with van der Waals surface area (Å²) >= 11 is 5.49. The average molecular weight is 343 g/mol. The van der Waals surface area contributed by atoms with Crippen LogP contribution in [0.15, 0.2) is 42.5 Å². The summed E-state index contributed by atoms with van der Waals surface area (Å²) in [7, 11) is 4.13. The number of nitrogens with one attached hydrogen (secondary N) is 1. The van der Waals surface area contributed by atoms with Crippen LogP contribution in [0.1, 0.15) is 6.42 Å². The maximum absolute atomic E-state index is 6.17. The highest BCUT2D eigenvalue weighted by molar-refractivity contribution is 7.80. The molecule has 2 aromatic carbocycles. The van der Waals surface area contributed by atoms with Gasteiger partial charge in [-0.1, -0.05) is 30.3 Å². The molecule has 0 saturated carbocycles. The Bertz CT molecular complexity index is 704. The summed E-state index contributed by atoms with van der Waals surface area (Å²) in [5, 5.41) is 6.61. The van der Waals surface area contributed by atoms with E-state index in [0.717, 1.165) is 43.5 Å². The van der Waals surface area contributed by atoms with E-state index in [1.54, 1.807) is 0 Å². The van der Waals surface area contributed by atoms with Gasteiger partial charge in [-0.15, -0.1) is 0 Å². The molecule has 0 bridgehead atoms. The van der Waals surface area contributed by atoms with Gasteiger partial charge >= 0.3 is 0 Å². The third-order valence-electron chi connectivity index (χ3n) is 4.29. The molecular weight excluding hydrogens is 318 g/mol. The van der Waals surface area contributed by atoms with E-state index in [9.17, 15) is 0 Å². The minimum Gasteiger partial charge on any atom is -0.488 e. The quantitative estimate of drug-likeness (QED) is 0.843. The van der Waals surface area contributed by atoms with Crippen molar-refractivity contribution in [2.45, 2.75) is 12.5 Å². The summed E-state index contributed by atoms with van der Waals surface area (Å²) in [5.41, 5.74) is 0. The summed E-state index contributed by atoms with van der Waals surface area (Å²) in [6, 6.07) is 14.6. The Morgan fingerprint density at radius 2 is 2.04 bits per heavy atom. The van der Waals surface area contributed by atoms with Crippen LogP contribution in [-0.2, 0) is 0 Å². The van der Waals surface area contributed by atoms with Gasteiger partial charge in [0.2, 0.25) is 0 Å². The molecule has 0 spiro atoms. The van der Waals surface area contributed by atoms with Crippen LogP contribution in [0.3, 0.4) is 0 Å². The number of likely N-dealkylation sites (tertiary alicyclic amines) is 1. The third kappa shape index (κ3) is 4.36. The van der Waals surface area contributed by atoms with Crippen molar-refractivity contribution in [3.8, 4) is 5.75 Å². The van der Waals surface area contributed by atoms with Gasteiger partial charge in [0.1, 0.15) is 11.9 Å². The molecule has 0 aliphatic carbocycles. The van der Waals surface area contributed by atoms with E-state index >= 15 is 0 Å². The highest BCUT2D eigenvalue weighted by atomic mass is 32.1. The molecule has 4 nitrogen and oxygen atoms in total. The summed E-state index contributed by atoms with van der Waals surface area (Å²) in [6.07, 6.45) is 1.20. The Kier molecular flexibility index (Phi) is 5.53. The van der Waals surface area contributed by atoms with Crippen LogP contribution in [0.4, 0.5) is 0 Å². The molecule has 0 amide bonds. The van der Waals surface area contributed by atoms with Gasteiger partial charge < -0.3 is 19.9 Å². The molecule has 24 heavy (non-hydrogen) atoms. The van der Waals surface area contributed by atoms with Crippen molar-refractivity contribution in [3.05, 3.63) is 42.5 Å². The minimum absolute atomic E-state index is 0.194. The van der Waals surface area contributed by atoms with Crippen molar-refractivity contribution in [2.24, 2.45) is 0 Å². The zero-order valence-electron chi connectivity index (χ0n) is 14.4. The molecule has 1 N–H and O–H groups in total. The average Bonchev–Trinajstić information content (AvgIpc) is 3.03. The maximum Gasteiger partial charge on any atom is 0.169 e. The van der Waals surface area contributed by atoms with Crippen LogP contribution in [0.5, 0.6) is 5.75 Å². The summed E-state index contributed by atoms with van der Waals surface area (Å²) in [6.45, 7) is 3.65. The van der Waals surface area contributed by atoms with Crippen molar-refractivity contribution in [2.75, 3.05) is 40.3 Å². The first-order chi connectivity index (χ1) is 11.6. The number of hydrogen-bond donors (Lipinski definition) is 1. The Hall–Kier alpha value is -1.85. The topological polar surface area (TPSA) is 27.7 Å². The summed E-state index contributed by atoms with van der Waals surface area (Å²) in [4.78, 5) is 4.35. The zero-order valence-corrected chi connectivity index (χ0v) is 15.2. The first-order valence-electron chi connectivity index (χ1n) is 8.45. The van der Waals surface area contributed by atoms with Gasteiger partial charge in [-0.25, -0.2) is 0 Å². The Balaban J connectivity index is 1.52. The Labute approximate surface area is 149 Å². The van der Waals surface area contributed by atoms with Crippen molar-refractivity contribution < 1.29 is 4.74 Å². The van der Waals surface area contributed by atoms with Gasteiger partial charge in [0.15, 0.2) is 5.11 Å². The SMILES string of the molecule is CN(C)CCNC(=S)N1CCC(Oc2ccc3ccccc3c2)C1. The number of nitrogens with zero attached hydrogens (tertiary/aromatic N) is 2. The summed E-state index contributed by atoms with van der Waals surface area (Å²) < 4.78 is 6.17. The normalized spacial score (nSPS) is 17.5. The smallest absolute Gasteiger partial charge is 0.169 e. The van der Waals surface area contributed by atoms with E-state index in [2.05, 4.69) is 71.7 Å². The van der Waals surface area contributed by atoms with Gasteiger partial charge in [0.05, 0.1) is 6.54 Å². The van der Waals surface area contributed by atoms with Gasteiger partial charge in [-0.2, -0.15) is 0 Å². The van der Waals surface area contributed by atoms with Crippen LogP contribution >= 0.6 is 12.2 Å². The second-order valence-corrected chi connectivity index (χ2v) is 6.91. The van der Waals surface area contributed by atoms with E-state index in [1.807, 2.05) is 0 Å². The number of thiocarbonyl (C=S) groups is 1. The maximum atomic E-state index is 6.17. The van der Waals surface area contributed by atoms with E-state index < -0.39 is 0 Å². The van der Waals surface area contributed by atoms with Crippen molar-refractivity contribution in [1.82, 2.24) is 15.1 Å². The van der Waals surface area contributed by atoms with Crippen LogP contribution in [0, 0.1) is 0 Å². The lowest BCUT2D eigenvalue weighted by Crippen LogP contribution is -2.41. The lowest BCUT2D eigenvalue weighted by molar-refractivity contribution is 0.214. The largest absolute Gasteiger partial charge is 0.488 e. The Morgan fingerprint density at radius 1 is 1.25 bits per heavy atom. The first-order valence-corrected chi connectivity index (χ1v) is 8.85. The van der Waals surface area contributed by atoms with Crippen LogP contribution in [0.2, 0.25) is 0 Å². The second kappa shape index (κ2) is 7.81. The molecule has 2 aromatic rings. The van der Waals surface area contributed by atoms with Gasteiger partial charge in [0.25, 0.3) is 0 Å². The monoisotopic (exact) mass is 343 g/mol. The number of likely N-dealkylation sites (N-methyl/N-ethyl adjacent to an activating group) is 1. The molecule has 1 atom stereocenters. The molecule has 0 aromatic heterocycles. The molecule has 1 aliphatic heterocycles. The van der Waals surface area contributed by atoms with Crippen molar-refractivity contribution in [1.29, 1.82) is 0 Å². The lowest BCUT2D eigenvalue weighted by atomic mass is 10.1. The van der Waals surface area contributed by atoms with E-state index in [-0.39, 0.29) is 6.10 Å².